The molecular formula is C74H100O23S. The number of hydrogen-bond acceptors (Lipinski definition) is 23. The van der Waals surface area contributed by atoms with E-state index in [0.29, 0.717) is 83.8 Å². The lowest BCUT2D eigenvalue weighted by atomic mass is 9.47. The van der Waals surface area contributed by atoms with Crippen LogP contribution in [0.15, 0.2) is 60.8 Å². The second-order valence-corrected chi connectivity index (χ2v) is 34.1. The number of ether oxygens (including phenoxy) is 10. The molecule has 0 aromatic rings. The van der Waals surface area contributed by atoms with Crippen molar-refractivity contribution in [1.29, 1.82) is 0 Å². The number of esters is 9. The summed E-state index contributed by atoms with van der Waals surface area (Å²) in [6.45, 7) is 30.7. The summed E-state index contributed by atoms with van der Waals surface area (Å²) in [7, 11) is -3.53. The van der Waals surface area contributed by atoms with E-state index in [9.17, 15) is 56.7 Å². The van der Waals surface area contributed by atoms with Gasteiger partial charge in [0, 0.05) is 46.1 Å². The fourth-order valence-electron chi connectivity index (χ4n) is 21.0. The van der Waals surface area contributed by atoms with Crippen LogP contribution in [0.2, 0.25) is 0 Å². The van der Waals surface area contributed by atoms with E-state index in [2.05, 4.69) is 51.5 Å². The maximum Gasteiger partial charge on any atom is 0.344 e. The molecule has 16 bridgehead atoms. The van der Waals surface area contributed by atoms with Crippen molar-refractivity contribution >= 4 is 63.8 Å². The normalized spacial score (nSPS) is 40.8. The van der Waals surface area contributed by atoms with Gasteiger partial charge in [-0.1, -0.05) is 46.7 Å². The van der Waals surface area contributed by atoms with Crippen molar-refractivity contribution in [3.8, 4) is 0 Å². The van der Waals surface area contributed by atoms with Crippen LogP contribution >= 0.6 is 0 Å². The minimum atomic E-state index is -3.53. The van der Waals surface area contributed by atoms with Gasteiger partial charge in [0.05, 0.1) is 22.9 Å². The fourth-order valence-corrected chi connectivity index (χ4v) is 22.9. The average Bonchev–Trinajstić information content (AvgIpc) is 1.24. The Bertz CT molecular complexity index is 3320. The minimum absolute atomic E-state index is 0.00284. The zero-order valence-electron chi connectivity index (χ0n) is 58.1. The monoisotopic (exact) mass is 1390 g/mol. The molecule has 12 atom stereocenters. The molecule has 0 spiro atoms. The molecule has 0 aromatic carbocycles. The van der Waals surface area contributed by atoms with E-state index in [-0.39, 0.29) is 64.6 Å². The van der Waals surface area contributed by atoms with Gasteiger partial charge in [-0.15, -0.1) is 0 Å². The second kappa shape index (κ2) is 27.9. The Kier molecular flexibility index (Phi) is 20.8. The minimum Gasteiger partial charge on any atom is -0.457 e. The number of carbonyl (C=O) groups excluding carboxylic acids is 9. The van der Waals surface area contributed by atoms with Crippen LogP contribution in [0.25, 0.3) is 0 Å². The summed E-state index contributed by atoms with van der Waals surface area (Å²) in [5.74, 6) is 2.13. The largest absolute Gasteiger partial charge is 0.457 e. The molecule has 4 saturated heterocycles. The topological polar surface area (TPSA) is 310 Å². The molecule has 18 aliphatic rings. The molecule has 1 N–H and O–H groups in total. The van der Waals surface area contributed by atoms with Crippen molar-refractivity contribution in [2.45, 2.75) is 242 Å². The number of carbonyl (C=O) groups is 9. The van der Waals surface area contributed by atoms with Crippen molar-refractivity contribution in [1.82, 2.24) is 0 Å². The lowest BCUT2D eigenvalue weighted by molar-refractivity contribution is -0.221. The molecule has 18 rings (SSSR count). The number of hydrogen-bond donors (Lipinski definition) is 1. The lowest BCUT2D eigenvalue weighted by Crippen LogP contribution is -2.62. The summed E-state index contributed by atoms with van der Waals surface area (Å²) >= 11 is 0. The average molecular weight is 1390 g/mol. The maximum absolute atomic E-state index is 12.2. The van der Waals surface area contributed by atoms with Crippen LogP contribution in [0.4, 0.5) is 0 Å². The molecule has 4 heterocycles. The summed E-state index contributed by atoms with van der Waals surface area (Å²) in [5.41, 5.74) is 0.101. The zero-order valence-corrected chi connectivity index (χ0v) is 58.9. The summed E-state index contributed by atoms with van der Waals surface area (Å²) in [6.07, 6.45) is 17.2. The van der Waals surface area contributed by atoms with E-state index in [1.54, 1.807) is 20.8 Å². The van der Waals surface area contributed by atoms with Crippen LogP contribution in [0.5, 0.6) is 0 Å². The first-order valence-corrected chi connectivity index (χ1v) is 36.8. The number of aliphatic hydroxyl groups is 1. The molecule has 24 heteroatoms. The number of rotatable bonds is 17. The van der Waals surface area contributed by atoms with Gasteiger partial charge in [-0.3, -0.25) is 8.98 Å². The SMILES string of the molecule is C=C(C)C(=O)OC1(C(C)C)C2CC3CC(C2)CC1C3.C=C(C)C(=O)OC12CC3CC(CC(O)(C3)C1)C2.C=C(C)C(=O)OC1C2CC3C(=O)OC1C3O2.C=C(C)C(=O)OCC(=O)OC1C2CC3C1OS(=O)(=O)C3C2.C=C(C)C(=O)OCC(=O)OCC(=O)OC1(C)C2CC3CC(C2)CC1C3. The highest BCUT2D eigenvalue weighted by Crippen LogP contribution is 2.64. The Balaban J connectivity index is 0.000000125. The molecule has 14 aliphatic carbocycles. The predicted octanol–water partition coefficient (Wildman–Crippen LogP) is 8.89. The van der Waals surface area contributed by atoms with Crippen molar-refractivity contribution in [3.05, 3.63) is 60.8 Å². The van der Waals surface area contributed by atoms with Gasteiger partial charge in [-0.2, -0.15) is 8.42 Å². The Hall–Kier alpha value is -6.24. The Labute approximate surface area is 574 Å². The quantitative estimate of drug-likeness (QED) is 0.0614. The van der Waals surface area contributed by atoms with Crippen LogP contribution in [0.1, 0.15) is 177 Å². The zero-order chi connectivity index (χ0) is 71.0. The standard InChI is InChI=1S/C19H26O6.C17H26O2.C14H20O3.C13H16O7S.C11H12O5/c1-11(2)18(22)24-9-16(20)23-10-17(21)25-19(3)14-5-12-4-13(7-14)8-15(19)6-12;1-10(2)16(18)19-17(11(3)4)14-6-12-5-13(8-14)9-15(17)7-12;1-9(2)12(15)17-14-6-10-3-11(7-14)5-13(16,4-10)8-14;1-6(2)13(15)18-5-10(14)19-11-7-3-8-9(4-7)21(16,17)20-12(8)11;1-4(2)10(12)15-8-6-3-5-7(14-6)9(8)16-11(5)13/h12-15H,1,4-10H2,2-3H3;11-15H,1,5-9H2,2-4H3;10-11,16H,1,3-8H2,2H3;7-9,11-12H,1,3-5H2,2H3;5-9H,1,3H2,2H3. The van der Waals surface area contributed by atoms with Crippen molar-refractivity contribution in [2.75, 3.05) is 19.8 Å². The molecule has 0 aromatic heterocycles. The van der Waals surface area contributed by atoms with Gasteiger partial charge in [0.25, 0.3) is 10.1 Å². The summed E-state index contributed by atoms with van der Waals surface area (Å²) in [4.78, 5) is 104. The molecule has 18 fully saturated rings. The van der Waals surface area contributed by atoms with E-state index in [4.69, 9.17) is 46.8 Å². The molecule has 540 valence electrons. The van der Waals surface area contributed by atoms with Crippen molar-refractivity contribution < 1.29 is 108 Å². The van der Waals surface area contributed by atoms with Gasteiger partial charge in [0.15, 0.2) is 32.0 Å². The Morgan fingerprint density at radius 3 is 1.50 bits per heavy atom. The van der Waals surface area contributed by atoms with Gasteiger partial charge >= 0.3 is 53.7 Å². The predicted molar refractivity (Wildman–Crippen MR) is 348 cm³/mol. The van der Waals surface area contributed by atoms with E-state index in [0.717, 1.165) is 75.0 Å². The molecule has 4 aliphatic heterocycles. The maximum atomic E-state index is 12.2. The number of fused-ring (bicyclic) bond motifs is 2. The van der Waals surface area contributed by atoms with Crippen LogP contribution in [-0.4, -0.2) is 151 Å². The van der Waals surface area contributed by atoms with Gasteiger partial charge in [0.1, 0.15) is 35.1 Å². The van der Waals surface area contributed by atoms with Crippen molar-refractivity contribution in [3.63, 3.8) is 0 Å². The van der Waals surface area contributed by atoms with Crippen molar-refractivity contribution in [2.24, 2.45) is 82.9 Å². The first-order chi connectivity index (χ1) is 46.0. The Morgan fingerprint density at radius 2 is 1.00 bits per heavy atom. The van der Waals surface area contributed by atoms with Gasteiger partial charge < -0.3 is 52.5 Å². The summed E-state index contributed by atoms with van der Waals surface area (Å²) < 4.78 is 81.6. The first kappa shape index (κ1) is 73.0. The molecule has 12 unspecified atom stereocenters. The highest BCUT2D eigenvalue weighted by molar-refractivity contribution is 7.87. The van der Waals surface area contributed by atoms with E-state index in [1.165, 1.54) is 58.8 Å². The molecular weight excluding hydrogens is 1290 g/mol. The molecule has 0 amide bonds. The molecule has 23 nitrogen and oxygen atoms in total. The first-order valence-electron chi connectivity index (χ1n) is 35.3. The summed E-state index contributed by atoms with van der Waals surface area (Å²) in [5, 5.41) is 10.1. The summed E-state index contributed by atoms with van der Waals surface area (Å²) in [6, 6.07) is 0. The van der Waals surface area contributed by atoms with Crippen LogP contribution in [0, 0.1) is 82.9 Å². The van der Waals surface area contributed by atoms with E-state index < -0.39 is 112 Å². The van der Waals surface area contributed by atoms with Crippen LogP contribution in [-0.2, 0) is 105 Å². The molecule has 0 radical (unpaired) electrons. The lowest BCUT2D eigenvalue weighted by Gasteiger charge is -2.61. The Morgan fingerprint density at radius 1 is 0.520 bits per heavy atom. The van der Waals surface area contributed by atoms with Gasteiger partial charge in [-0.25, -0.2) is 38.4 Å². The third kappa shape index (κ3) is 14.8. The van der Waals surface area contributed by atoms with E-state index >= 15 is 0 Å². The second-order valence-electron chi connectivity index (χ2n) is 32.3. The fraction of sp³-hybridized carbons (Fsp3) is 0.743. The van der Waals surface area contributed by atoms with Crippen LogP contribution < -0.4 is 0 Å². The highest BCUT2D eigenvalue weighted by Gasteiger charge is 2.67. The smallest absolute Gasteiger partial charge is 0.344 e. The highest BCUT2D eigenvalue weighted by atomic mass is 32.2. The molecule has 98 heavy (non-hydrogen) atoms. The third-order valence-electron chi connectivity index (χ3n) is 24.4. The van der Waals surface area contributed by atoms with Crippen LogP contribution in [0.3, 0.4) is 0 Å². The van der Waals surface area contributed by atoms with E-state index in [1.807, 2.05) is 6.92 Å². The third-order valence-corrected chi connectivity index (χ3v) is 26.2. The van der Waals surface area contributed by atoms with Gasteiger partial charge in [-0.05, 0) is 222 Å². The van der Waals surface area contributed by atoms with Gasteiger partial charge in [0.2, 0.25) is 0 Å². The molecule has 14 saturated carbocycles.